The van der Waals surface area contributed by atoms with E-state index in [0.29, 0.717) is 12.3 Å². The van der Waals surface area contributed by atoms with Gasteiger partial charge in [0, 0.05) is 44.8 Å². The van der Waals surface area contributed by atoms with E-state index in [2.05, 4.69) is 45.9 Å². The number of hydrogen-bond donors (Lipinski definition) is 0. The number of thioether (sulfide) groups is 1. The first-order chi connectivity index (χ1) is 15.2. The van der Waals surface area contributed by atoms with Gasteiger partial charge in [-0.05, 0) is 5.56 Å². The molecule has 1 fully saturated rings. The second-order valence-electron chi connectivity index (χ2n) is 7.50. The topological polar surface area (TPSA) is 54.3 Å². The largest absolute Gasteiger partial charge is 0.339 e. The summed E-state index contributed by atoms with van der Waals surface area (Å²) in [5.41, 5.74) is 2.32. The molecular weight excluding hydrogens is 406 g/mol. The predicted octanol–water partition coefficient (Wildman–Crippen LogP) is 3.57. The van der Waals surface area contributed by atoms with Gasteiger partial charge in [-0.2, -0.15) is 0 Å². The van der Waals surface area contributed by atoms with Crippen LogP contribution in [0.2, 0.25) is 0 Å². The summed E-state index contributed by atoms with van der Waals surface area (Å²) in [6.45, 7) is 8.72. The van der Waals surface area contributed by atoms with Gasteiger partial charge in [0.1, 0.15) is 0 Å². The van der Waals surface area contributed by atoms with E-state index < -0.39 is 0 Å². The van der Waals surface area contributed by atoms with Crippen molar-refractivity contribution in [2.75, 3.05) is 31.9 Å². The molecule has 3 aromatic rings. The maximum atomic E-state index is 12.8. The molecule has 0 saturated carbocycles. The molecule has 31 heavy (non-hydrogen) atoms. The van der Waals surface area contributed by atoms with Gasteiger partial charge in [-0.25, -0.2) is 0 Å². The summed E-state index contributed by atoms with van der Waals surface area (Å²) < 4.78 is 2.01. The average Bonchev–Trinajstić information content (AvgIpc) is 3.22. The maximum Gasteiger partial charge on any atom is 0.233 e. The van der Waals surface area contributed by atoms with Crippen molar-refractivity contribution in [1.82, 2.24) is 24.6 Å². The number of hydrogen-bond acceptors (Lipinski definition) is 5. The molecule has 1 aliphatic rings. The summed E-state index contributed by atoms with van der Waals surface area (Å²) in [5.74, 6) is 1.31. The number of carbonyl (C=O) groups is 1. The smallest absolute Gasteiger partial charge is 0.233 e. The minimum Gasteiger partial charge on any atom is -0.339 e. The Morgan fingerprint density at radius 3 is 2.32 bits per heavy atom. The van der Waals surface area contributed by atoms with Gasteiger partial charge in [0.2, 0.25) is 5.91 Å². The molecule has 1 aromatic heterocycles. The van der Waals surface area contributed by atoms with Crippen LogP contribution in [0.4, 0.5) is 0 Å². The fourth-order valence-electron chi connectivity index (χ4n) is 3.70. The predicted molar refractivity (Wildman–Crippen MR) is 125 cm³/mol. The molecule has 6 nitrogen and oxygen atoms in total. The Morgan fingerprint density at radius 1 is 0.968 bits per heavy atom. The quantitative estimate of drug-likeness (QED) is 0.402. The third-order valence-electron chi connectivity index (χ3n) is 5.36. The molecule has 2 aromatic carbocycles. The third-order valence-corrected chi connectivity index (χ3v) is 6.31. The van der Waals surface area contributed by atoms with E-state index in [4.69, 9.17) is 0 Å². The molecule has 0 radical (unpaired) electrons. The van der Waals surface area contributed by atoms with Crippen LogP contribution in [-0.4, -0.2) is 62.4 Å². The fraction of sp³-hybridized carbons (Fsp3) is 0.292. The molecule has 1 saturated heterocycles. The van der Waals surface area contributed by atoms with Crippen molar-refractivity contribution < 1.29 is 4.79 Å². The van der Waals surface area contributed by atoms with Crippen LogP contribution in [0.1, 0.15) is 5.56 Å². The van der Waals surface area contributed by atoms with Crippen LogP contribution in [0, 0.1) is 0 Å². The highest BCUT2D eigenvalue weighted by Crippen LogP contribution is 2.24. The van der Waals surface area contributed by atoms with Crippen LogP contribution < -0.4 is 0 Å². The molecule has 0 N–H and O–H groups in total. The Kier molecular flexibility index (Phi) is 7.17. The minimum absolute atomic E-state index is 0.152. The van der Waals surface area contributed by atoms with Crippen LogP contribution in [0.5, 0.6) is 0 Å². The number of nitrogens with zero attached hydrogens (tertiary/aromatic N) is 5. The summed E-state index contributed by atoms with van der Waals surface area (Å²) in [7, 11) is 0. The zero-order valence-corrected chi connectivity index (χ0v) is 18.4. The second-order valence-corrected chi connectivity index (χ2v) is 8.45. The van der Waals surface area contributed by atoms with Gasteiger partial charge < -0.3 is 4.90 Å². The normalized spacial score (nSPS) is 14.5. The number of carbonyl (C=O) groups excluding carboxylic acids is 1. The molecule has 7 heteroatoms. The zero-order chi connectivity index (χ0) is 21.5. The van der Waals surface area contributed by atoms with Gasteiger partial charge in [-0.15, -0.1) is 16.8 Å². The Balaban J connectivity index is 1.32. The lowest BCUT2D eigenvalue weighted by atomic mass is 10.2. The van der Waals surface area contributed by atoms with Gasteiger partial charge in [-0.1, -0.05) is 78.5 Å². The van der Waals surface area contributed by atoms with E-state index in [1.165, 1.54) is 17.3 Å². The third kappa shape index (κ3) is 5.42. The maximum absolute atomic E-state index is 12.8. The van der Waals surface area contributed by atoms with Crippen molar-refractivity contribution in [2.45, 2.75) is 18.2 Å². The van der Waals surface area contributed by atoms with Crippen molar-refractivity contribution in [3.05, 3.63) is 78.9 Å². The van der Waals surface area contributed by atoms with Gasteiger partial charge in [0.05, 0.1) is 5.75 Å². The van der Waals surface area contributed by atoms with Crippen LogP contribution >= 0.6 is 11.8 Å². The van der Waals surface area contributed by atoms with E-state index in [-0.39, 0.29) is 5.91 Å². The molecule has 4 rings (SSSR count). The molecule has 0 bridgehead atoms. The lowest BCUT2D eigenvalue weighted by Gasteiger charge is -2.34. The van der Waals surface area contributed by atoms with Crippen LogP contribution in [0.3, 0.4) is 0 Å². The molecule has 1 amide bonds. The SMILES string of the molecule is C=CCn1c(SCC(=O)N2CCN(Cc3ccccc3)CC2)nnc1-c1ccccc1. The van der Waals surface area contributed by atoms with E-state index in [1.807, 2.05) is 51.9 Å². The summed E-state index contributed by atoms with van der Waals surface area (Å²) in [6.07, 6.45) is 1.83. The highest BCUT2D eigenvalue weighted by Gasteiger charge is 2.22. The van der Waals surface area contributed by atoms with Gasteiger partial charge >= 0.3 is 0 Å². The number of rotatable bonds is 8. The second kappa shape index (κ2) is 10.4. The Morgan fingerprint density at radius 2 is 1.65 bits per heavy atom. The van der Waals surface area contributed by atoms with Crippen molar-refractivity contribution >= 4 is 17.7 Å². The zero-order valence-electron chi connectivity index (χ0n) is 17.6. The highest BCUT2D eigenvalue weighted by atomic mass is 32.2. The van der Waals surface area contributed by atoms with Crippen LogP contribution in [0.25, 0.3) is 11.4 Å². The van der Waals surface area contributed by atoms with Crippen molar-refractivity contribution in [2.24, 2.45) is 0 Å². The lowest BCUT2D eigenvalue weighted by Crippen LogP contribution is -2.48. The number of aromatic nitrogens is 3. The Labute approximate surface area is 187 Å². The van der Waals surface area contributed by atoms with Crippen LogP contribution in [-0.2, 0) is 17.9 Å². The van der Waals surface area contributed by atoms with Crippen molar-refractivity contribution in [3.8, 4) is 11.4 Å². The minimum atomic E-state index is 0.152. The van der Waals surface area contributed by atoms with Crippen molar-refractivity contribution in [3.63, 3.8) is 0 Å². The van der Waals surface area contributed by atoms with Gasteiger partial charge in [-0.3, -0.25) is 14.3 Å². The molecule has 0 unspecified atom stereocenters. The van der Waals surface area contributed by atoms with E-state index in [1.54, 1.807) is 0 Å². The molecule has 2 heterocycles. The summed E-state index contributed by atoms with van der Waals surface area (Å²) >= 11 is 1.44. The number of benzene rings is 2. The molecule has 0 atom stereocenters. The van der Waals surface area contributed by atoms with E-state index >= 15 is 0 Å². The first-order valence-electron chi connectivity index (χ1n) is 10.5. The Hall–Kier alpha value is -2.90. The fourth-order valence-corrected chi connectivity index (χ4v) is 4.56. The molecule has 0 spiro atoms. The standard InChI is InChI=1S/C24H27N5OS/c1-2-13-29-23(21-11-7-4-8-12-21)25-26-24(29)31-19-22(30)28-16-14-27(15-17-28)18-20-9-5-3-6-10-20/h2-12H,1,13-19H2. The summed E-state index contributed by atoms with van der Waals surface area (Å²) in [6, 6.07) is 20.4. The van der Waals surface area contributed by atoms with Crippen LogP contribution in [0.15, 0.2) is 78.5 Å². The first kappa shape index (κ1) is 21.3. The monoisotopic (exact) mass is 433 g/mol. The first-order valence-corrected chi connectivity index (χ1v) is 11.5. The van der Waals surface area contributed by atoms with Crippen molar-refractivity contribution in [1.29, 1.82) is 0 Å². The molecule has 0 aliphatic carbocycles. The number of allylic oxidation sites excluding steroid dienone is 1. The Bertz CT molecular complexity index is 997. The number of amides is 1. The highest BCUT2D eigenvalue weighted by molar-refractivity contribution is 7.99. The average molecular weight is 434 g/mol. The van der Waals surface area contributed by atoms with E-state index in [0.717, 1.165) is 49.3 Å². The molecular formula is C24H27N5OS. The molecule has 160 valence electrons. The molecule has 1 aliphatic heterocycles. The number of piperazine rings is 1. The lowest BCUT2D eigenvalue weighted by molar-refractivity contribution is -0.130. The van der Waals surface area contributed by atoms with Gasteiger partial charge in [0.15, 0.2) is 11.0 Å². The van der Waals surface area contributed by atoms with Gasteiger partial charge in [0.25, 0.3) is 0 Å². The summed E-state index contributed by atoms with van der Waals surface area (Å²) in [4.78, 5) is 17.2. The van der Waals surface area contributed by atoms with E-state index in [9.17, 15) is 4.79 Å². The summed E-state index contributed by atoms with van der Waals surface area (Å²) in [5, 5.41) is 9.44.